The molecule has 98 valence electrons. The summed E-state index contributed by atoms with van der Waals surface area (Å²) in [7, 11) is -3.84. The van der Waals surface area contributed by atoms with Gasteiger partial charge in [0.2, 0.25) is 5.39 Å². The molecule has 0 aromatic carbocycles. The summed E-state index contributed by atoms with van der Waals surface area (Å²) in [6.07, 6.45) is 0.635. The normalized spacial score (nSPS) is 12.8. The third-order valence-electron chi connectivity index (χ3n) is 1.59. The van der Waals surface area contributed by atoms with Gasteiger partial charge in [0.1, 0.15) is 0 Å². The summed E-state index contributed by atoms with van der Waals surface area (Å²) in [6.45, 7) is 5.39. The lowest BCUT2D eigenvalue weighted by atomic mass is 10.5. The summed E-state index contributed by atoms with van der Waals surface area (Å²) in [5.74, 6) is -0.750. The summed E-state index contributed by atoms with van der Waals surface area (Å²) < 4.78 is 26.8. The van der Waals surface area contributed by atoms with Crippen LogP contribution in [0.5, 0.6) is 0 Å². The fourth-order valence-corrected chi connectivity index (χ4v) is 2.38. The molecule has 8 heteroatoms. The summed E-state index contributed by atoms with van der Waals surface area (Å²) >= 11 is 0. The van der Waals surface area contributed by atoms with Crippen molar-refractivity contribution < 1.29 is 23.5 Å². The van der Waals surface area contributed by atoms with E-state index in [2.05, 4.69) is 4.98 Å². The van der Waals surface area contributed by atoms with Crippen LogP contribution in [0.2, 0.25) is 0 Å². The molecule has 0 heterocycles. The Morgan fingerprint density at radius 2 is 1.82 bits per heavy atom. The molecular weight excluding hydrogens is 247 g/mol. The van der Waals surface area contributed by atoms with Crippen LogP contribution in [0.4, 0.5) is 0 Å². The average molecular weight is 265 g/mol. The number of hydrogen-bond donors (Lipinski definition) is 1. The first-order valence-corrected chi connectivity index (χ1v) is 6.90. The Bertz CT molecular complexity index is 340. The van der Waals surface area contributed by atoms with Crippen molar-refractivity contribution in [2.24, 2.45) is 0 Å². The zero-order valence-corrected chi connectivity index (χ0v) is 11.1. The Morgan fingerprint density at radius 3 is 2.18 bits per heavy atom. The highest BCUT2D eigenvalue weighted by molar-refractivity contribution is 7.58. The van der Waals surface area contributed by atoms with Crippen LogP contribution >= 0.6 is 7.60 Å². The minimum Gasteiger partial charge on any atom is -0.475 e. The first kappa shape index (κ1) is 15.9. The van der Waals surface area contributed by atoms with Crippen LogP contribution in [0.3, 0.4) is 0 Å². The predicted molar refractivity (Wildman–Crippen MR) is 61.8 cm³/mol. The third-order valence-corrected chi connectivity index (χ3v) is 3.58. The number of nitrogens with zero attached hydrogens (tertiary/aromatic N) is 2. The SMILES string of the molecule is CCCO/C(O)=C(\[N+]#N)P(=O)(OCC)OCC. The molecular formula is C9H18N2O5P+. The molecule has 0 saturated carbocycles. The van der Waals surface area contributed by atoms with Gasteiger partial charge in [0.15, 0.2) is 4.98 Å². The molecule has 0 aromatic heterocycles. The van der Waals surface area contributed by atoms with Gasteiger partial charge in [0.05, 0.1) is 19.8 Å². The largest absolute Gasteiger partial charge is 0.548 e. The van der Waals surface area contributed by atoms with Gasteiger partial charge in [-0.15, -0.1) is 0 Å². The lowest BCUT2D eigenvalue weighted by Crippen LogP contribution is -2.02. The van der Waals surface area contributed by atoms with Crippen molar-refractivity contribution in [1.82, 2.24) is 0 Å². The van der Waals surface area contributed by atoms with Gasteiger partial charge < -0.3 is 18.9 Å². The zero-order chi connectivity index (χ0) is 13.3. The second kappa shape index (κ2) is 8.07. The van der Waals surface area contributed by atoms with E-state index in [-0.39, 0.29) is 19.8 Å². The summed E-state index contributed by atoms with van der Waals surface area (Å²) in [6, 6.07) is 0. The van der Waals surface area contributed by atoms with Crippen LogP contribution in [-0.4, -0.2) is 24.9 Å². The van der Waals surface area contributed by atoms with Crippen molar-refractivity contribution >= 4 is 7.60 Å². The predicted octanol–water partition coefficient (Wildman–Crippen LogP) is 3.22. The second-order valence-corrected chi connectivity index (χ2v) is 4.85. The lowest BCUT2D eigenvalue weighted by Gasteiger charge is -2.10. The number of aliphatic hydroxyl groups is 1. The molecule has 0 radical (unpaired) electrons. The minimum atomic E-state index is -3.84. The number of rotatable bonds is 8. The van der Waals surface area contributed by atoms with E-state index in [1.54, 1.807) is 13.8 Å². The van der Waals surface area contributed by atoms with Crippen LogP contribution in [0, 0.1) is 5.39 Å². The summed E-state index contributed by atoms with van der Waals surface area (Å²) in [4.78, 5) is 2.74. The van der Waals surface area contributed by atoms with Crippen LogP contribution in [0.25, 0.3) is 4.98 Å². The molecule has 0 unspecified atom stereocenters. The van der Waals surface area contributed by atoms with E-state index in [1.165, 1.54) is 0 Å². The van der Waals surface area contributed by atoms with E-state index in [1.807, 2.05) is 6.92 Å². The number of diazo groups is 1. The Morgan fingerprint density at radius 1 is 1.29 bits per heavy atom. The van der Waals surface area contributed by atoms with Crippen LogP contribution in [0.15, 0.2) is 11.4 Å². The quantitative estimate of drug-likeness (QED) is 0.411. The molecule has 0 bridgehead atoms. The highest BCUT2D eigenvalue weighted by Gasteiger charge is 2.47. The maximum Gasteiger partial charge on any atom is 0.548 e. The van der Waals surface area contributed by atoms with Gasteiger partial charge in [0.25, 0.3) is 0 Å². The first-order valence-electron chi connectivity index (χ1n) is 5.36. The van der Waals surface area contributed by atoms with Crippen molar-refractivity contribution in [3.63, 3.8) is 0 Å². The van der Waals surface area contributed by atoms with Gasteiger partial charge in [-0.1, -0.05) is 6.92 Å². The van der Waals surface area contributed by atoms with Crippen molar-refractivity contribution in [3.8, 4) is 0 Å². The monoisotopic (exact) mass is 265 g/mol. The molecule has 0 saturated heterocycles. The van der Waals surface area contributed by atoms with Gasteiger partial charge in [-0.2, -0.15) is 0 Å². The maximum atomic E-state index is 12.2. The first-order chi connectivity index (χ1) is 8.05. The fourth-order valence-electron chi connectivity index (χ4n) is 0.977. The van der Waals surface area contributed by atoms with Crippen molar-refractivity contribution in [3.05, 3.63) is 16.4 Å². The number of aliphatic hydroxyl groups excluding tert-OH is 1. The molecule has 1 N–H and O–H groups in total. The third kappa shape index (κ3) is 4.73. The molecule has 0 aliphatic carbocycles. The molecule has 0 aliphatic rings. The Hall–Kier alpha value is -1.09. The number of ether oxygens (including phenoxy) is 1. The van der Waals surface area contributed by atoms with Gasteiger partial charge in [-0.3, -0.25) is 0 Å². The van der Waals surface area contributed by atoms with Crippen molar-refractivity contribution in [1.29, 1.82) is 5.39 Å². The molecule has 0 amide bonds. The van der Waals surface area contributed by atoms with E-state index in [4.69, 9.17) is 19.2 Å². The van der Waals surface area contributed by atoms with Crippen LogP contribution in [-0.2, 0) is 18.3 Å². The Labute approximate surface area is 101 Å². The van der Waals surface area contributed by atoms with E-state index < -0.39 is 19.0 Å². The molecule has 0 aromatic rings. The average Bonchev–Trinajstić information content (AvgIpc) is 2.27. The van der Waals surface area contributed by atoms with E-state index in [9.17, 15) is 9.67 Å². The molecule has 0 aliphatic heterocycles. The molecule has 7 nitrogen and oxygen atoms in total. The van der Waals surface area contributed by atoms with Crippen LogP contribution < -0.4 is 0 Å². The van der Waals surface area contributed by atoms with Crippen molar-refractivity contribution in [2.75, 3.05) is 19.8 Å². The van der Waals surface area contributed by atoms with Gasteiger partial charge in [0, 0.05) is 0 Å². The topological polar surface area (TPSA) is 93.1 Å². The highest BCUT2D eigenvalue weighted by atomic mass is 31.2. The minimum absolute atomic E-state index is 0.0807. The summed E-state index contributed by atoms with van der Waals surface area (Å²) in [5.41, 5.74) is -0.616. The van der Waals surface area contributed by atoms with Gasteiger partial charge in [-0.25, -0.2) is 4.57 Å². The smallest absolute Gasteiger partial charge is 0.475 e. The van der Waals surface area contributed by atoms with E-state index in [0.717, 1.165) is 0 Å². The molecule has 0 atom stereocenters. The molecule has 17 heavy (non-hydrogen) atoms. The second-order valence-electron chi connectivity index (χ2n) is 2.91. The molecule has 0 rings (SSSR count). The molecule has 0 spiro atoms. The fraction of sp³-hybridized carbons (Fsp3) is 0.778. The van der Waals surface area contributed by atoms with Gasteiger partial charge >= 0.3 is 19.0 Å². The number of hydrogen-bond acceptors (Lipinski definition) is 6. The lowest BCUT2D eigenvalue weighted by molar-refractivity contribution is 0.0905. The zero-order valence-electron chi connectivity index (χ0n) is 10.3. The maximum absolute atomic E-state index is 12.2. The Kier molecular flexibility index (Phi) is 7.55. The Balaban J connectivity index is 5.16. The van der Waals surface area contributed by atoms with Gasteiger partial charge in [-0.05, 0) is 20.3 Å². The standard InChI is InChI=1S/C9H17N2O5P/c1-4-7-14-9(12)8(11-10)17(13,15-5-2)16-6-3/h4-7H2,1-3H3/p+1. The van der Waals surface area contributed by atoms with E-state index >= 15 is 0 Å². The molecule has 0 fully saturated rings. The summed E-state index contributed by atoms with van der Waals surface area (Å²) in [5, 5.41) is 18.3. The van der Waals surface area contributed by atoms with E-state index in [0.29, 0.717) is 6.42 Å². The highest BCUT2D eigenvalue weighted by Crippen LogP contribution is 2.57. The van der Waals surface area contributed by atoms with Crippen molar-refractivity contribution in [2.45, 2.75) is 27.2 Å². The van der Waals surface area contributed by atoms with Crippen LogP contribution in [0.1, 0.15) is 27.2 Å².